The number of thiophene rings is 1. The Morgan fingerprint density at radius 2 is 1.95 bits per heavy atom. The standard InChI is InChI=1S/C27H29ClN4O3S.CH2O2/c1-27(15-33)12-18(13-30-27)31-8-2-3-16-9-17(28)10-21(25(16)31)20-6-7-29-22-11-19(36-26(20)22)14-32-23(34)4-5-24(32)35;2-1-3/h6-7,9-11,18,30,33H,2-5,8,12-15H2,1H3;1H,(H,2,3)/t18-,27-;/m0./s1. The smallest absolute Gasteiger partial charge is 0.290 e. The van der Waals surface area contributed by atoms with Crippen molar-refractivity contribution in [2.75, 3.05) is 24.6 Å². The highest BCUT2D eigenvalue weighted by atomic mass is 35.5. The zero-order valence-electron chi connectivity index (χ0n) is 21.7. The number of fused-ring (bicyclic) bond motifs is 2. The minimum Gasteiger partial charge on any atom is -0.483 e. The number of aromatic nitrogens is 1. The first-order chi connectivity index (χ1) is 18.8. The Balaban J connectivity index is 0.000000983. The number of aliphatic hydroxyl groups is 1. The number of hydrogen-bond donors (Lipinski definition) is 3. The van der Waals surface area contributed by atoms with Crippen molar-refractivity contribution in [3.63, 3.8) is 0 Å². The number of nitrogens with one attached hydrogen (secondary N) is 1. The van der Waals surface area contributed by atoms with Crippen LogP contribution in [0.3, 0.4) is 0 Å². The van der Waals surface area contributed by atoms with Gasteiger partial charge in [0.25, 0.3) is 6.47 Å². The van der Waals surface area contributed by atoms with Crippen molar-refractivity contribution in [1.29, 1.82) is 0 Å². The van der Waals surface area contributed by atoms with Crippen LogP contribution in [0.5, 0.6) is 0 Å². The van der Waals surface area contributed by atoms with Crippen molar-refractivity contribution < 1.29 is 24.6 Å². The second-order valence-electron chi connectivity index (χ2n) is 10.5. The molecule has 2 fully saturated rings. The number of pyridine rings is 1. The number of aliphatic hydroxyl groups excluding tert-OH is 1. The molecule has 3 aliphatic heterocycles. The minimum atomic E-state index is -0.272. The summed E-state index contributed by atoms with van der Waals surface area (Å²) in [4.78, 5) is 42.1. The molecule has 3 aliphatic rings. The van der Waals surface area contributed by atoms with Gasteiger partial charge in [-0.05, 0) is 56.0 Å². The van der Waals surface area contributed by atoms with Crippen LogP contribution in [-0.4, -0.2) is 69.7 Å². The van der Waals surface area contributed by atoms with Crippen LogP contribution in [0.4, 0.5) is 5.69 Å². The van der Waals surface area contributed by atoms with E-state index in [1.807, 2.05) is 24.4 Å². The van der Waals surface area contributed by atoms with Crippen LogP contribution < -0.4 is 10.2 Å². The molecule has 11 heteroatoms. The first-order valence-corrected chi connectivity index (χ1v) is 14.2. The fourth-order valence-electron chi connectivity index (χ4n) is 5.91. The maximum absolute atomic E-state index is 12.2. The maximum atomic E-state index is 12.2. The zero-order valence-corrected chi connectivity index (χ0v) is 23.2. The molecule has 2 saturated heterocycles. The quantitative estimate of drug-likeness (QED) is 0.312. The van der Waals surface area contributed by atoms with Crippen molar-refractivity contribution in [2.45, 2.75) is 57.2 Å². The molecule has 6 rings (SSSR count). The molecule has 0 spiro atoms. The monoisotopic (exact) mass is 570 g/mol. The number of carbonyl (C=O) groups excluding carboxylic acids is 2. The molecule has 3 N–H and O–H groups in total. The van der Waals surface area contributed by atoms with Gasteiger partial charge >= 0.3 is 0 Å². The van der Waals surface area contributed by atoms with E-state index in [1.165, 1.54) is 16.2 Å². The molecule has 0 aliphatic carbocycles. The lowest BCUT2D eigenvalue weighted by atomic mass is 9.91. The van der Waals surface area contributed by atoms with Crippen LogP contribution in [0, 0.1) is 0 Å². The molecular weight excluding hydrogens is 540 g/mol. The van der Waals surface area contributed by atoms with E-state index in [1.54, 1.807) is 11.3 Å². The first kappa shape index (κ1) is 27.5. The minimum absolute atomic E-state index is 0.106. The summed E-state index contributed by atoms with van der Waals surface area (Å²) in [7, 11) is 0. The summed E-state index contributed by atoms with van der Waals surface area (Å²) < 4.78 is 1.03. The van der Waals surface area contributed by atoms with Gasteiger partial charge in [0.2, 0.25) is 11.8 Å². The average molecular weight is 571 g/mol. The highest BCUT2D eigenvalue weighted by molar-refractivity contribution is 7.19. The molecule has 39 heavy (non-hydrogen) atoms. The molecule has 206 valence electrons. The van der Waals surface area contributed by atoms with Gasteiger partial charge < -0.3 is 20.4 Å². The van der Waals surface area contributed by atoms with Crippen molar-refractivity contribution >= 4 is 57.1 Å². The fraction of sp³-hybridized carbons (Fsp3) is 0.429. The number of halogens is 1. The number of carbonyl (C=O) groups is 3. The molecule has 0 bridgehead atoms. The number of carboxylic acid groups (broad SMARTS) is 1. The van der Waals surface area contributed by atoms with Gasteiger partial charge in [-0.1, -0.05) is 11.6 Å². The molecule has 1 aromatic carbocycles. The third-order valence-electron chi connectivity index (χ3n) is 7.75. The molecule has 5 heterocycles. The predicted molar refractivity (Wildman–Crippen MR) is 151 cm³/mol. The van der Waals surface area contributed by atoms with Crippen LogP contribution in [0.2, 0.25) is 5.02 Å². The van der Waals surface area contributed by atoms with Crippen molar-refractivity contribution in [1.82, 2.24) is 15.2 Å². The Morgan fingerprint density at radius 1 is 1.21 bits per heavy atom. The average Bonchev–Trinajstić information content (AvgIpc) is 3.61. The van der Waals surface area contributed by atoms with Crippen molar-refractivity contribution in [2.24, 2.45) is 0 Å². The van der Waals surface area contributed by atoms with Gasteiger partial charge in [-0.2, -0.15) is 0 Å². The van der Waals surface area contributed by atoms with E-state index in [0.717, 1.165) is 58.6 Å². The van der Waals surface area contributed by atoms with Crippen LogP contribution in [0.15, 0.2) is 30.5 Å². The van der Waals surface area contributed by atoms with Gasteiger partial charge in [0.05, 0.1) is 23.4 Å². The number of anilines is 1. The van der Waals surface area contributed by atoms with E-state index in [9.17, 15) is 14.7 Å². The Morgan fingerprint density at radius 3 is 2.64 bits per heavy atom. The largest absolute Gasteiger partial charge is 0.483 e. The van der Waals surface area contributed by atoms with Gasteiger partial charge in [-0.3, -0.25) is 24.3 Å². The third kappa shape index (κ3) is 5.38. The van der Waals surface area contributed by atoms with E-state index >= 15 is 0 Å². The lowest BCUT2D eigenvalue weighted by molar-refractivity contribution is -0.139. The van der Waals surface area contributed by atoms with Gasteiger partial charge in [0, 0.05) is 70.4 Å². The van der Waals surface area contributed by atoms with E-state index in [2.05, 4.69) is 28.2 Å². The summed E-state index contributed by atoms with van der Waals surface area (Å²) in [5.74, 6) is -0.213. The highest BCUT2D eigenvalue weighted by Gasteiger charge is 2.39. The van der Waals surface area contributed by atoms with E-state index in [-0.39, 0.29) is 36.5 Å². The van der Waals surface area contributed by atoms with Crippen molar-refractivity contribution in [3.05, 3.63) is 45.9 Å². The number of aryl methyl sites for hydroxylation is 1. The summed E-state index contributed by atoms with van der Waals surface area (Å²) in [6.07, 6.45) is 5.32. The topological polar surface area (TPSA) is 123 Å². The summed E-state index contributed by atoms with van der Waals surface area (Å²) >= 11 is 8.24. The summed E-state index contributed by atoms with van der Waals surface area (Å²) in [5, 5.41) is 21.0. The van der Waals surface area contributed by atoms with Gasteiger partial charge in [0.15, 0.2) is 0 Å². The Hall–Kier alpha value is -3.05. The van der Waals surface area contributed by atoms with Crippen LogP contribution in [0.1, 0.15) is 43.0 Å². The second-order valence-corrected chi connectivity index (χ2v) is 12.1. The number of imide groups is 1. The number of hydrogen-bond acceptors (Lipinski definition) is 8. The number of nitrogens with zero attached hydrogens (tertiary/aromatic N) is 3. The lowest BCUT2D eigenvalue weighted by Crippen LogP contribution is -2.41. The Kier molecular flexibility index (Phi) is 7.91. The summed E-state index contributed by atoms with van der Waals surface area (Å²) in [5.41, 5.74) is 5.20. The molecule has 0 unspecified atom stereocenters. The van der Waals surface area contributed by atoms with E-state index in [4.69, 9.17) is 21.5 Å². The molecule has 2 atom stereocenters. The summed E-state index contributed by atoms with van der Waals surface area (Å²) in [6, 6.07) is 8.45. The number of likely N-dealkylation sites (tertiary alicyclic amines) is 1. The van der Waals surface area contributed by atoms with Crippen LogP contribution in [0.25, 0.3) is 21.3 Å². The Bertz CT molecular complexity index is 1410. The lowest BCUT2D eigenvalue weighted by Gasteiger charge is -2.38. The normalized spacial score (nSPS) is 22.7. The molecular formula is C28H31ClN4O5S. The molecule has 2 aromatic heterocycles. The van der Waals surface area contributed by atoms with E-state index in [0.29, 0.717) is 24.4 Å². The second kappa shape index (κ2) is 11.2. The number of amides is 2. The molecule has 0 radical (unpaired) electrons. The SMILES string of the molecule is C[C@@]1(CO)C[C@H](N2CCCc3cc(Cl)cc(-c4ccnc5cc(CN6C(=O)CCC6=O)sc45)c32)CN1.O=CO. The fourth-order valence-corrected chi connectivity index (χ4v) is 7.28. The third-order valence-corrected chi connectivity index (χ3v) is 9.11. The molecule has 2 amide bonds. The summed E-state index contributed by atoms with van der Waals surface area (Å²) in [6.45, 7) is 4.02. The van der Waals surface area contributed by atoms with Gasteiger partial charge in [0.1, 0.15) is 0 Å². The predicted octanol–water partition coefficient (Wildman–Crippen LogP) is 3.83. The van der Waals surface area contributed by atoms with Crippen molar-refractivity contribution in [3.8, 4) is 11.1 Å². The number of benzene rings is 1. The van der Waals surface area contributed by atoms with Gasteiger partial charge in [-0.25, -0.2) is 0 Å². The first-order valence-electron chi connectivity index (χ1n) is 13.0. The highest BCUT2D eigenvalue weighted by Crippen LogP contribution is 2.45. The van der Waals surface area contributed by atoms with Crippen LogP contribution in [-0.2, 0) is 27.3 Å². The van der Waals surface area contributed by atoms with Gasteiger partial charge in [-0.15, -0.1) is 11.3 Å². The number of rotatable bonds is 5. The molecule has 3 aromatic rings. The molecule has 0 saturated carbocycles. The van der Waals surface area contributed by atoms with Crippen LogP contribution >= 0.6 is 22.9 Å². The zero-order chi connectivity index (χ0) is 27.7. The maximum Gasteiger partial charge on any atom is 0.290 e. The molecule has 9 nitrogen and oxygen atoms in total. The van der Waals surface area contributed by atoms with E-state index < -0.39 is 0 Å². The Labute approximate surface area is 235 Å².